The molecule has 3 nitrogen and oxygen atoms in total. The second-order valence-electron chi connectivity index (χ2n) is 5.29. The lowest BCUT2D eigenvalue weighted by Crippen LogP contribution is -2.37. The number of hydrogen-bond donors (Lipinski definition) is 1. The van der Waals surface area contributed by atoms with Crippen LogP contribution >= 0.6 is 0 Å². The summed E-state index contributed by atoms with van der Waals surface area (Å²) in [6.45, 7) is 11.5. The van der Waals surface area contributed by atoms with Gasteiger partial charge in [-0.2, -0.15) is 0 Å². The fourth-order valence-corrected chi connectivity index (χ4v) is 2.12. The van der Waals surface area contributed by atoms with E-state index in [4.69, 9.17) is 4.74 Å². The van der Waals surface area contributed by atoms with Gasteiger partial charge in [0.2, 0.25) is 0 Å². The highest BCUT2D eigenvalue weighted by molar-refractivity contribution is 4.76. The molecule has 3 heteroatoms. The highest BCUT2D eigenvalue weighted by Gasteiger charge is 2.21. The van der Waals surface area contributed by atoms with Crippen LogP contribution in [0.5, 0.6) is 0 Å². The maximum atomic E-state index is 5.16. The summed E-state index contributed by atoms with van der Waals surface area (Å²) in [6, 6.07) is 0. The maximum absolute atomic E-state index is 5.16. The predicted molar refractivity (Wildman–Crippen MR) is 64.2 cm³/mol. The van der Waals surface area contributed by atoms with E-state index in [9.17, 15) is 0 Å². The third-order valence-corrected chi connectivity index (χ3v) is 3.07. The van der Waals surface area contributed by atoms with E-state index >= 15 is 0 Å². The standard InChI is InChI=1S/C12H26N2O/c1-12(2,5-10-15-3)11-14-8-4-6-13-7-9-14/h13H,4-11H2,1-3H3. The third kappa shape index (κ3) is 5.50. The molecule has 0 aromatic carbocycles. The Balaban J connectivity index is 2.30. The molecule has 0 aromatic rings. The van der Waals surface area contributed by atoms with Gasteiger partial charge in [0, 0.05) is 33.4 Å². The minimum absolute atomic E-state index is 0.375. The van der Waals surface area contributed by atoms with Crippen molar-refractivity contribution in [2.75, 3.05) is 46.4 Å². The van der Waals surface area contributed by atoms with Crippen molar-refractivity contribution in [2.24, 2.45) is 5.41 Å². The minimum atomic E-state index is 0.375. The lowest BCUT2D eigenvalue weighted by molar-refractivity contribution is 0.118. The molecule has 0 amide bonds. The van der Waals surface area contributed by atoms with Gasteiger partial charge in [-0.15, -0.1) is 0 Å². The second kappa shape index (κ2) is 6.46. The van der Waals surface area contributed by atoms with Crippen LogP contribution < -0.4 is 5.32 Å². The van der Waals surface area contributed by atoms with Gasteiger partial charge >= 0.3 is 0 Å². The first-order valence-corrected chi connectivity index (χ1v) is 6.06. The SMILES string of the molecule is COCCC(C)(C)CN1CCCNCC1. The normalized spacial score (nSPS) is 20.2. The number of nitrogens with zero attached hydrogens (tertiary/aromatic N) is 1. The monoisotopic (exact) mass is 214 g/mol. The quantitative estimate of drug-likeness (QED) is 0.747. The zero-order valence-electron chi connectivity index (χ0n) is 10.5. The summed E-state index contributed by atoms with van der Waals surface area (Å²) in [5.74, 6) is 0. The lowest BCUT2D eigenvalue weighted by Gasteiger charge is -2.31. The van der Waals surface area contributed by atoms with E-state index < -0.39 is 0 Å². The Morgan fingerprint density at radius 1 is 1.27 bits per heavy atom. The number of ether oxygens (including phenoxy) is 1. The molecule has 0 aromatic heterocycles. The first-order valence-electron chi connectivity index (χ1n) is 6.06. The van der Waals surface area contributed by atoms with Crippen molar-refractivity contribution in [1.82, 2.24) is 10.2 Å². The van der Waals surface area contributed by atoms with E-state index in [1.807, 2.05) is 0 Å². The maximum Gasteiger partial charge on any atom is 0.0467 e. The molecular formula is C12H26N2O. The molecule has 15 heavy (non-hydrogen) atoms. The fraction of sp³-hybridized carbons (Fsp3) is 1.00. The molecule has 1 N–H and O–H groups in total. The summed E-state index contributed by atoms with van der Waals surface area (Å²) in [4.78, 5) is 2.58. The first kappa shape index (κ1) is 12.9. The van der Waals surface area contributed by atoms with Gasteiger partial charge in [0.05, 0.1) is 0 Å². The van der Waals surface area contributed by atoms with Crippen molar-refractivity contribution < 1.29 is 4.74 Å². The predicted octanol–water partition coefficient (Wildman–Crippen LogP) is 1.34. The summed E-state index contributed by atoms with van der Waals surface area (Å²) in [6.07, 6.45) is 2.42. The van der Waals surface area contributed by atoms with E-state index in [0.717, 1.165) is 19.6 Å². The smallest absolute Gasteiger partial charge is 0.0467 e. The van der Waals surface area contributed by atoms with Crippen LogP contribution in [-0.2, 0) is 4.74 Å². The van der Waals surface area contributed by atoms with E-state index in [1.54, 1.807) is 7.11 Å². The van der Waals surface area contributed by atoms with E-state index in [0.29, 0.717) is 5.41 Å². The Morgan fingerprint density at radius 2 is 2.07 bits per heavy atom. The zero-order valence-corrected chi connectivity index (χ0v) is 10.5. The Morgan fingerprint density at radius 3 is 2.80 bits per heavy atom. The molecule has 90 valence electrons. The molecule has 0 saturated carbocycles. The van der Waals surface area contributed by atoms with Crippen LogP contribution in [0.3, 0.4) is 0 Å². The van der Waals surface area contributed by atoms with E-state index in [1.165, 1.54) is 32.6 Å². The van der Waals surface area contributed by atoms with E-state index in [2.05, 4.69) is 24.1 Å². The van der Waals surface area contributed by atoms with E-state index in [-0.39, 0.29) is 0 Å². The third-order valence-electron chi connectivity index (χ3n) is 3.07. The topological polar surface area (TPSA) is 24.5 Å². The van der Waals surface area contributed by atoms with Gasteiger partial charge in [-0.05, 0) is 31.3 Å². The molecule has 0 aliphatic carbocycles. The largest absolute Gasteiger partial charge is 0.385 e. The van der Waals surface area contributed by atoms with Gasteiger partial charge in [0.25, 0.3) is 0 Å². The molecule has 0 spiro atoms. The molecule has 1 aliphatic rings. The lowest BCUT2D eigenvalue weighted by atomic mass is 9.89. The number of methoxy groups -OCH3 is 1. The molecule has 1 heterocycles. The van der Waals surface area contributed by atoms with Gasteiger partial charge in [0.15, 0.2) is 0 Å². The van der Waals surface area contributed by atoms with Gasteiger partial charge in [0.1, 0.15) is 0 Å². The number of hydrogen-bond acceptors (Lipinski definition) is 3. The first-order chi connectivity index (χ1) is 7.14. The summed E-state index contributed by atoms with van der Waals surface area (Å²) in [7, 11) is 1.78. The van der Waals surface area contributed by atoms with Crippen LogP contribution in [0.15, 0.2) is 0 Å². The Labute approximate surface area is 94.2 Å². The highest BCUT2D eigenvalue weighted by atomic mass is 16.5. The summed E-state index contributed by atoms with van der Waals surface area (Å²) < 4.78 is 5.16. The molecule has 0 bridgehead atoms. The summed E-state index contributed by atoms with van der Waals surface area (Å²) in [5, 5.41) is 3.44. The fourth-order valence-electron chi connectivity index (χ4n) is 2.12. The average Bonchev–Trinajstić information content (AvgIpc) is 2.43. The van der Waals surface area contributed by atoms with Crippen LogP contribution in [0.2, 0.25) is 0 Å². The Kier molecular flexibility index (Phi) is 5.58. The van der Waals surface area contributed by atoms with Crippen molar-refractivity contribution in [2.45, 2.75) is 26.7 Å². The summed E-state index contributed by atoms with van der Waals surface area (Å²) in [5.41, 5.74) is 0.375. The van der Waals surface area contributed by atoms with Crippen molar-refractivity contribution in [1.29, 1.82) is 0 Å². The molecule has 0 atom stereocenters. The summed E-state index contributed by atoms with van der Waals surface area (Å²) >= 11 is 0. The molecule has 1 fully saturated rings. The highest BCUT2D eigenvalue weighted by Crippen LogP contribution is 2.22. The van der Waals surface area contributed by atoms with Crippen LogP contribution in [0.4, 0.5) is 0 Å². The van der Waals surface area contributed by atoms with Crippen molar-refractivity contribution in [3.05, 3.63) is 0 Å². The van der Waals surface area contributed by atoms with Crippen LogP contribution in [0.1, 0.15) is 26.7 Å². The Hall–Kier alpha value is -0.120. The molecule has 0 radical (unpaired) electrons. The van der Waals surface area contributed by atoms with Crippen LogP contribution in [0.25, 0.3) is 0 Å². The van der Waals surface area contributed by atoms with Gasteiger partial charge < -0.3 is 15.0 Å². The number of rotatable bonds is 5. The van der Waals surface area contributed by atoms with Gasteiger partial charge in [-0.1, -0.05) is 13.8 Å². The van der Waals surface area contributed by atoms with Crippen LogP contribution in [-0.4, -0.2) is 51.3 Å². The Bertz CT molecular complexity index is 163. The van der Waals surface area contributed by atoms with Crippen molar-refractivity contribution in [3.8, 4) is 0 Å². The van der Waals surface area contributed by atoms with Gasteiger partial charge in [-0.3, -0.25) is 0 Å². The molecule has 0 unspecified atom stereocenters. The van der Waals surface area contributed by atoms with Crippen LogP contribution in [0, 0.1) is 5.41 Å². The zero-order chi connectivity index (χ0) is 11.1. The molecule has 1 saturated heterocycles. The molecular weight excluding hydrogens is 188 g/mol. The second-order valence-corrected chi connectivity index (χ2v) is 5.29. The van der Waals surface area contributed by atoms with Crippen molar-refractivity contribution >= 4 is 0 Å². The molecule has 1 aliphatic heterocycles. The number of nitrogens with one attached hydrogen (secondary N) is 1. The van der Waals surface area contributed by atoms with Crippen molar-refractivity contribution in [3.63, 3.8) is 0 Å². The average molecular weight is 214 g/mol. The van der Waals surface area contributed by atoms with Gasteiger partial charge in [-0.25, -0.2) is 0 Å². The molecule has 1 rings (SSSR count). The minimum Gasteiger partial charge on any atom is -0.385 e.